The lowest BCUT2D eigenvalue weighted by Crippen LogP contribution is -2.06. The number of aromatic nitrogens is 3. The maximum absolute atomic E-state index is 13.5. The number of carboxylic acid groups (broad SMARTS) is 1. The zero-order chi connectivity index (χ0) is 17.3. The molecule has 0 unspecified atom stereocenters. The topological polar surface area (TPSA) is 68.0 Å². The van der Waals surface area contributed by atoms with E-state index in [1.54, 1.807) is 0 Å². The fraction of sp³-hybridized carbons (Fsp3) is 0.0625. The first-order chi connectivity index (χ1) is 11.4. The second-order valence-electron chi connectivity index (χ2n) is 5.03. The number of hydrogen-bond acceptors (Lipinski definition) is 3. The Bertz CT molecular complexity index is 890. The summed E-state index contributed by atoms with van der Waals surface area (Å²) in [6.45, 7) is 0.209. The Morgan fingerprint density at radius 2 is 1.75 bits per heavy atom. The molecule has 8 heteroatoms. The summed E-state index contributed by atoms with van der Waals surface area (Å²) in [5.74, 6) is -2.94. The van der Waals surface area contributed by atoms with Gasteiger partial charge in [-0.05, 0) is 29.8 Å². The van der Waals surface area contributed by atoms with Gasteiger partial charge in [-0.15, -0.1) is 5.10 Å². The van der Waals surface area contributed by atoms with Crippen LogP contribution in [0.3, 0.4) is 0 Å². The van der Waals surface area contributed by atoms with Crippen molar-refractivity contribution in [2.75, 3.05) is 0 Å². The van der Waals surface area contributed by atoms with Crippen LogP contribution >= 0.6 is 15.9 Å². The van der Waals surface area contributed by atoms with E-state index in [1.807, 2.05) is 24.3 Å². The Hall–Kier alpha value is -2.61. The van der Waals surface area contributed by atoms with Gasteiger partial charge in [-0.1, -0.05) is 33.3 Å². The van der Waals surface area contributed by atoms with Gasteiger partial charge in [0.15, 0.2) is 5.69 Å². The SMILES string of the molecule is O=C(O)c1nnn(Cc2ccc(Br)cc2)c1-c1cc(F)cc(F)c1. The van der Waals surface area contributed by atoms with Gasteiger partial charge in [-0.25, -0.2) is 18.3 Å². The van der Waals surface area contributed by atoms with Gasteiger partial charge < -0.3 is 5.11 Å². The fourth-order valence-electron chi connectivity index (χ4n) is 2.31. The number of hydrogen-bond donors (Lipinski definition) is 1. The van der Waals surface area contributed by atoms with Crippen molar-refractivity contribution >= 4 is 21.9 Å². The van der Waals surface area contributed by atoms with Crippen LogP contribution in [-0.4, -0.2) is 26.1 Å². The van der Waals surface area contributed by atoms with Crippen LogP contribution in [-0.2, 0) is 6.54 Å². The second-order valence-corrected chi connectivity index (χ2v) is 5.95. The van der Waals surface area contributed by atoms with E-state index in [0.717, 1.165) is 22.2 Å². The summed E-state index contributed by atoms with van der Waals surface area (Å²) < 4.78 is 29.2. The van der Waals surface area contributed by atoms with Gasteiger partial charge >= 0.3 is 5.97 Å². The minimum absolute atomic E-state index is 0.0452. The lowest BCUT2D eigenvalue weighted by atomic mass is 10.1. The number of carbonyl (C=O) groups is 1. The minimum Gasteiger partial charge on any atom is -0.476 e. The smallest absolute Gasteiger partial charge is 0.358 e. The van der Waals surface area contributed by atoms with Crippen molar-refractivity contribution in [3.63, 3.8) is 0 Å². The fourth-order valence-corrected chi connectivity index (χ4v) is 2.57. The lowest BCUT2D eigenvalue weighted by Gasteiger charge is -2.08. The highest BCUT2D eigenvalue weighted by molar-refractivity contribution is 9.10. The highest BCUT2D eigenvalue weighted by Crippen LogP contribution is 2.25. The first kappa shape index (κ1) is 16.3. The standard InChI is InChI=1S/C16H10BrF2N3O2/c17-11-3-1-9(2-4-11)8-22-15(14(16(23)24)20-21-22)10-5-12(18)7-13(19)6-10/h1-7H,8H2,(H,23,24). The Morgan fingerprint density at radius 3 is 2.33 bits per heavy atom. The van der Waals surface area contributed by atoms with E-state index >= 15 is 0 Å². The molecule has 1 heterocycles. The summed E-state index contributed by atoms with van der Waals surface area (Å²) in [7, 11) is 0. The number of aromatic carboxylic acids is 1. The van der Waals surface area contributed by atoms with Gasteiger partial charge in [0.1, 0.15) is 17.3 Å². The quantitative estimate of drug-likeness (QED) is 0.732. The van der Waals surface area contributed by atoms with Crippen LogP contribution in [0.15, 0.2) is 46.9 Å². The average Bonchev–Trinajstić information content (AvgIpc) is 2.92. The molecule has 0 saturated carbocycles. The molecule has 0 aliphatic heterocycles. The zero-order valence-electron chi connectivity index (χ0n) is 12.1. The van der Waals surface area contributed by atoms with Gasteiger partial charge in [0.25, 0.3) is 0 Å². The van der Waals surface area contributed by atoms with Crippen molar-refractivity contribution in [1.29, 1.82) is 0 Å². The van der Waals surface area contributed by atoms with E-state index in [0.29, 0.717) is 6.07 Å². The van der Waals surface area contributed by atoms with E-state index in [-0.39, 0.29) is 23.5 Å². The van der Waals surface area contributed by atoms with E-state index < -0.39 is 17.6 Å². The molecule has 24 heavy (non-hydrogen) atoms. The van der Waals surface area contributed by atoms with Crippen LogP contribution in [0.25, 0.3) is 11.3 Å². The van der Waals surface area contributed by atoms with Crippen LogP contribution < -0.4 is 0 Å². The highest BCUT2D eigenvalue weighted by atomic mass is 79.9. The van der Waals surface area contributed by atoms with Crippen LogP contribution in [0.5, 0.6) is 0 Å². The predicted octanol–water partition coefficient (Wildman–Crippen LogP) is 3.73. The van der Waals surface area contributed by atoms with E-state index in [1.165, 1.54) is 4.68 Å². The summed E-state index contributed by atoms with van der Waals surface area (Å²) in [6, 6.07) is 10.1. The van der Waals surface area contributed by atoms with Crippen molar-refractivity contribution in [1.82, 2.24) is 15.0 Å². The molecule has 0 aliphatic carbocycles. The third-order valence-electron chi connectivity index (χ3n) is 3.32. The molecular formula is C16H10BrF2N3O2. The molecule has 2 aromatic carbocycles. The average molecular weight is 394 g/mol. The zero-order valence-corrected chi connectivity index (χ0v) is 13.7. The van der Waals surface area contributed by atoms with Crippen molar-refractivity contribution in [3.05, 3.63) is 69.8 Å². The Kier molecular flexibility index (Phi) is 4.39. The normalized spacial score (nSPS) is 10.8. The maximum atomic E-state index is 13.5. The van der Waals surface area contributed by atoms with Crippen molar-refractivity contribution in [2.24, 2.45) is 0 Å². The first-order valence-electron chi connectivity index (χ1n) is 6.82. The Balaban J connectivity index is 2.10. The summed E-state index contributed by atoms with van der Waals surface area (Å²) in [5.41, 5.74) is 0.575. The van der Waals surface area contributed by atoms with E-state index in [9.17, 15) is 18.7 Å². The number of carboxylic acids is 1. The molecule has 0 aliphatic rings. The second kappa shape index (κ2) is 6.48. The molecule has 0 saturated heterocycles. The monoisotopic (exact) mass is 393 g/mol. The molecule has 0 spiro atoms. The Labute approximate surface area is 143 Å². The molecule has 3 rings (SSSR count). The van der Waals surface area contributed by atoms with Crippen LogP contribution in [0.2, 0.25) is 0 Å². The molecule has 1 aromatic heterocycles. The highest BCUT2D eigenvalue weighted by Gasteiger charge is 2.21. The molecule has 0 bridgehead atoms. The van der Waals surface area contributed by atoms with Gasteiger partial charge in [-0.2, -0.15) is 0 Å². The number of benzene rings is 2. The molecule has 122 valence electrons. The van der Waals surface area contributed by atoms with E-state index in [4.69, 9.17) is 0 Å². The molecule has 1 N–H and O–H groups in total. The molecule has 5 nitrogen and oxygen atoms in total. The largest absolute Gasteiger partial charge is 0.476 e. The Morgan fingerprint density at radius 1 is 1.12 bits per heavy atom. The summed E-state index contributed by atoms with van der Waals surface area (Å²) in [4.78, 5) is 11.4. The predicted molar refractivity (Wildman–Crippen MR) is 85.6 cm³/mol. The van der Waals surface area contributed by atoms with E-state index in [2.05, 4.69) is 26.2 Å². The van der Waals surface area contributed by atoms with Crippen molar-refractivity contribution < 1.29 is 18.7 Å². The van der Waals surface area contributed by atoms with Crippen LogP contribution in [0.4, 0.5) is 8.78 Å². The van der Waals surface area contributed by atoms with Crippen molar-refractivity contribution in [2.45, 2.75) is 6.54 Å². The molecule has 0 atom stereocenters. The van der Waals surface area contributed by atoms with Crippen molar-refractivity contribution in [3.8, 4) is 11.3 Å². The van der Waals surface area contributed by atoms with Crippen LogP contribution in [0, 0.1) is 11.6 Å². The minimum atomic E-state index is -1.32. The van der Waals surface area contributed by atoms with Gasteiger partial charge in [-0.3, -0.25) is 0 Å². The maximum Gasteiger partial charge on any atom is 0.358 e. The van der Waals surface area contributed by atoms with Crippen LogP contribution in [0.1, 0.15) is 16.1 Å². The van der Waals surface area contributed by atoms with Gasteiger partial charge in [0.2, 0.25) is 0 Å². The first-order valence-corrected chi connectivity index (χ1v) is 7.61. The number of halogens is 3. The summed E-state index contributed by atoms with van der Waals surface area (Å²) in [6.07, 6.45) is 0. The summed E-state index contributed by atoms with van der Waals surface area (Å²) in [5, 5.41) is 16.7. The molecular weight excluding hydrogens is 384 g/mol. The van der Waals surface area contributed by atoms with Gasteiger partial charge in [0, 0.05) is 16.1 Å². The number of rotatable bonds is 4. The molecule has 0 amide bonds. The number of nitrogens with zero attached hydrogens (tertiary/aromatic N) is 3. The summed E-state index contributed by atoms with van der Waals surface area (Å²) >= 11 is 3.33. The third-order valence-corrected chi connectivity index (χ3v) is 3.85. The molecule has 0 fully saturated rings. The lowest BCUT2D eigenvalue weighted by molar-refractivity contribution is 0.0691. The molecule has 0 radical (unpaired) electrons. The van der Waals surface area contributed by atoms with Gasteiger partial charge in [0.05, 0.1) is 6.54 Å². The third kappa shape index (κ3) is 3.33. The molecule has 3 aromatic rings.